The predicted octanol–water partition coefficient (Wildman–Crippen LogP) is 3.75. The lowest BCUT2D eigenvalue weighted by Crippen LogP contribution is -2.27. The number of benzene rings is 1. The molecule has 0 aliphatic carbocycles. The van der Waals surface area contributed by atoms with Crippen LogP contribution in [-0.2, 0) is 6.54 Å². The Hall–Kier alpha value is -1.36. The average Bonchev–Trinajstić information content (AvgIpc) is 3.01. The Balaban J connectivity index is 1.76. The SMILES string of the molecule is CCOc1ccc(CNC(C)CC(O)c2cccs2)cc1. The third-order valence-corrected chi connectivity index (χ3v) is 4.31. The molecule has 0 aliphatic rings. The largest absolute Gasteiger partial charge is 0.494 e. The Morgan fingerprint density at radius 1 is 1.24 bits per heavy atom. The summed E-state index contributed by atoms with van der Waals surface area (Å²) in [7, 11) is 0. The minimum Gasteiger partial charge on any atom is -0.494 e. The van der Waals surface area contributed by atoms with Crippen LogP contribution >= 0.6 is 11.3 Å². The van der Waals surface area contributed by atoms with Gasteiger partial charge in [-0.1, -0.05) is 18.2 Å². The van der Waals surface area contributed by atoms with E-state index in [0.717, 1.165) is 23.6 Å². The maximum atomic E-state index is 10.1. The number of thiophene rings is 1. The van der Waals surface area contributed by atoms with Crippen molar-refractivity contribution in [3.63, 3.8) is 0 Å². The van der Waals surface area contributed by atoms with E-state index >= 15 is 0 Å². The lowest BCUT2D eigenvalue weighted by molar-refractivity contribution is 0.157. The number of ether oxygens (including phenoxy) is 1. The first-order valence-electron chi connectivity index (χ1n) is 7.35. The number of aliphatic hydroxyl groups is 1. The quantitative estimate of drug-likeness (QED) is 0.780. The van der Waals surface area contributed by atoms with Crippen LogP contribution in [0.5, 0.6) is 5.75 Å². The zero-order valence-corrected chi connectivity index (χ0v) is 13.4. The minimum atomic E-state index is -0.382. The molecule has 0 spiro atoms. The molecule has 0 saturated carbocycles. The molecule has 2 N–H and O–H groups in total. The van der Waals surface area contributed by atoms with Crippen LogP contribution in [0.15, 0.2) is 41.8 Å². The Labute approximate surface area is 130 Å². The van der Waals surface area contributed by atoms with Crippen molar-refractivity contribution in [2.45, 2.75) is 39.0 Å². The second kappa shape index (κ2) is 8.17. The zero-order chi connectivity index (χ0) is 15.1. The molecule has 0 fully saturated rings. The molecule has 0 bridgehead atoms. The van der Waals surface area contributed by atoms with E-state index in [4.69, 9.17) is 4.74 Å². The van der Waals surface area contributed by atoms with Crippen LogP contribution in [-0.4, -0.2) is 17.8 Å². The van der Waals surface area contributed by atoms with Gasteiger partial charge >= 0.3 is 0 Å². The molecule has 3 nitrogen and oxygen atoms in total. The number of hydrogen-bond donors (Lipinski definition) is 2. The standard InChI is InChI=1S/C17H23NO2S/c1-3-20-15-8-6-14(7-9-15)12-18-13(2)11-16(19)17-5-4-10-21-17/h4-10,13,16,18-19H,3,11-12H2,1-2H3. The molecule has 1 heterocycles. The van der Waals surface area contributed by atoms with Gasteiger partial charge in [-0.25, -0.2) is 0 Å². The second-order valence-corrected chi connectivity index (χ2v) is 6.11. The van der Waals surface area contributed by atoms with Gasteiger partial charge in [-0.05, 0) is 49.4 Å². The van der Waals surface area contributed by atoms with Crippen molar-refractivity contribution in [3.8, 4) is 5.75 Å². The molecule has 1 aromatic carbocycles. The van der Waals surface area contributed by atoms with E-state index in [9.17, 15) is 5.11 Å². The summed E-state index contributed by atoms with van der Waals surface area (Å²) in [4.78, 5) is 1.03. The van der Waals surface area contributed by atoms with Crippen LogP contribution in [0.1, 0.15) is 36.8 Å². The predicted molar refractivity (Wildman–Crippen MR) is 87.8 cm³/mol. The van der Waals surface area contributed by atoms with Crippen molar-refractivity contribution in [2.75, 3.05) is 6.61 Å². The molecule has 0 amide bonds. The van der Waals surface area contributed by atoms with Crippen LogP contribution in [0.3, 0.4) is 0 Å². The van der Waals surface area contributed by atoms with E-state index in [0.29, 0.717) is 6.61 Å². The van der Waals surface area contributed by atoms with Crippen molar-refractivity contribution in [2.24, 2.45) is 0 Å². The summed E-state index contributed by atoms with van der Waals surface area (Å²) in [5.74, 6) is 0.905. The van der Waals surface area contributed by atoms with Crippen molar-refractivity contribution >= 4 is 11.3 Å². The molecule has 2 atom stereocenters. The average molecular weight is 305 g/mol. The van der Waals surface area contributed by atoms with Crippen LogP contribution in [0, 0.1) is 0 Å². The molecule has 1 aromatic heterocycles. The van der Waals surface area contributed by atoms with E-state index in [2.05, 4.69) is 24.4 Å². The molecule has 2 rings (SSSR count). The van der Waals surface area contributed by atoms with E-state index < -0.39 is 0 Å². The number of rotatable bonds is 8. The summed E-state index contributed by atoms with van der Waals surface area (Å²) >= 11 is 1.60. The molecular formula is C17H23NO2S. The smallest absolute Gasteiger partial charge is 0.119 e. The summed E-state index contributed by atoms with van der Waals surface area (Å²) in [5.41, 5.74) is 1.22. The lowest BCUT2D eigenvalue weighted by atomic mass is 10.1. The van der Waals surface area contributed by atoms with Crippen molar-refractivity contribution in [1.82, 2.24) is 5.32 Å². The van der Waals surface area contributed by atoms with Gasteiger partial charge in [0.25, 0.3) is 0 Å². The first kappa shape index (κ1) is 16.0. The normalized spacial score (nSPS) is 13.9. The summed E-state index contributed by atoms with van der Waals surface area (Å²) in [6.07, 6.45) is 0.338. The van der Waals surface area contributed by atoms with Crippen LogP contribution in [0.2, 0.25) is 0 Å². The molecular weight excluding hydrogens is 282 g/mol. The van der Waals surface area contributed by atoms with E-state index in [1.165, 1.54) is 5.56 Å². The molecule has 114 valence electrons. The number of aliphatic hydroxyl groups excluding tert-OH is 1. The van der Waals surface area contributed by atoms with Gasteiger partial charge in [-0.15, -0.1) is 11.3 Å². The fourth-order valence-corrected chi connectivity index (χ4v) is 2.90. The first-order valence-corrected chi connectivity index (χ1v) is 8.23. The van der Waals surface area contributed by atoms with Crippen molar-refractivity contribution in [1.29, 1.82) is 0 Å². The fourth-order valence-electron chi connectivity index (χ4n) is 2.18. The lowest BCUT2D eigenvalue weighted by Gasteiger charge is -2.17. The Kier molecular flexibility index (Phi) is 6.23. The van der Waals surface area contributed by atoms with Gasteiger partial charge in [-0.3, -0.25) is 0 Å². The van der Waals surface area contributed by atoms with Gasteiger partial charge in [0, 0.05) is 17.5 Å². The molecule has 2 aromatic rings. The highest BCUT2D eigenvalue weighted by atomic mass is 32.1. The third kappa shape index (κ3) is 5.16. The third-order valence-electron chi connectivity index (χ3n) is 3.34. The highest BCUT2D eigenvalue weighted by Crippen LogP contribution is 2.23. The maximum Gasteiger partial charge on any atom is 0.119 e. The maximum absolute atomic E-state index is 10.1. The monoisotopic (exact) mass is 305 g/mol. The van der Waals surface area contributed by atoms with Gasteiger partial charge in [0.2, 0.25) is 0 Å². The van der Waals surface area contributed by atoms with Crippen LogP contribution in [0.25, 0.3) is 0 Å². The molecule has 2 unspecified atom stereocenters. The topological polar surface area (TPSA) is 41.5 Å². The molecule has 21 heavy (non-hydrogen) atoms. The van der Waals surface area contributed by atoms with Crippen LogP contribution < -0.4 is 10.1 Å². The van der Waals surface area contributed by atoms with Crippen LogP contribution in [0.4, 0.5) is 0 Å². The van der Waals surface area contributed by atoms with Crippen molar-refractivity contribution < 1.29 is 9.84 Å². The van der Waals surface area contributed by atoms with E-state index in [-0.39, 0.29) is 12.1 Å². The minimum absolute atomic E-state index is 0.258. The molecule has 0 radical (unpaired) electrons. The number of hydrogen-bond acceptors (Lipinski definition) is 4. The summed E-state index contributed by atoms with van der Waals surface area (Å²) in [6, 6.07) is 12.3. The second-order valence-electron chi connectivity index (χ2n) is 5.13. The molecule has 0 saturated heterocycles. The molecule has 0 aliphatic heterocycles. The van der Waals surface area contributed by atoms with Gasteiger partial charge < -0.3 is 15.2 Å². The zero-order valence-electron chi connectivity index (χ0n) is 12.6. The highest BCUT2D eigenvalue weighted by Gasteiger charge is 2.12. The van der Waals surface area contributed by atoms with E-state index in [1.807, 2.05) is 36.6 Å². The first-order chi connectivity index (χ1) is 10.2. The Morgan fingerprint density at radius 3 is 2.62 bits per heavy atom. The summed E-state index contributed by atoms with van der Waals surface area (Å²) in [6.45, 7) is 5.57. The summed E-state index contributed by atoms with van der Waals surface area (Å²) in [5, 5.41) is 15.6. The van der Waals surface area contributed by atoms with Crippen molar-refractivity contribution in [3.05, 3.63) is 52.2 Å². The van der Waals surface area contributed by atoms with E-state index in [1.54, 1.807) is 11.3 Å². The fraction of sp³-hybridized carbons (Fsp3) is 0.412. The van der Waals surface area contributed by atoms with Gasteiger partial charge in [-0.2, -0.15) is 0 Å². The van der Waals surface area contributed by atoms with Gasteiger partial charge in [0.15, 0.2) is 0 Å². The Bertz CT molecular complexity index is 510. The highest BCUT2D eigenvalue weighted by molar-refractivity contribution is 7.10. The molecule has 4 heteroatoms. The Morgan fingerprint density at radius 2 is 2.00 bits per heavy atom. The summed E-state index contributed by atoms with van der Waals surface area (Å²) < 4.78 is 5.43. The number of nitrogens with one attached hydrogen (secondary N) is 1. The van der Waals surface area contributed by atoms with Gasteiger partial charge in [0.05, 0.1) is 12.7 Å². The van der Waals surface area contributed by atoms with Gasteiger partial charge in [0.1, 0.15) is 5.75 Å².